The summed E-state index contributed by atoms with van der Waals surface area (Å²) in [4.78, 5) is 0. The minimum atomic E-state index is -1.48. The highest BCUT2D eigenvalue weighted by atomic mass is 35.5. The van der Waals surface area contributed by atoms with Gasteiger partial charge in [-0.3, -0.25) is 0 Å². The van der Waals surface area contributed by atoms with Crippen molar-refractivity contribution in [2.45, 2.75) is 55.7 Å². The summed E-state index contributed by atoms with van der Waals surface area (Å²) in [5.74, 6) is 0.705. The Labute approximate surface area is 168 Å². The molecule has 0 aromatic heterocycles. The summed E-state index contributed by atoms with van der Waals surface area (Å²) in [5, 5.41) is 30.8. The monoisotopic (exact) mass is 406 g/mol. The van der Waals surface area contributed by atoms with Gasteiger partial charge < -0.3 is 20.1 Å². The molecule has 28 heavy (non-hydrogen) atoms. The van der Waals surface area contributed by atoms with Gasteiger partial charge in [0.15, 0.2) is 0 Å². The normalized spacial score (nSPS) is 30.4. The van der Waals surface area contributed by atoms with Gasteiger partial charge in [0.25, 0.3) is 0 Å². The minimum Gasteiger partial charge on any atom is -0.387 e. The molecule has 0 spiro atoms. The lowest BCUT2D eigenvalue weighted by Gasteiger charge is -2.40. The SMILES string of the molecule is O[C@@H]1[C@@H](O)[C@H](c2ccc(Cl)c(Cc3ccc(C4CC4)cc3)c2)O[C@H](CF)[C@H]1O. The van der Waals surface area contributed by atoms with Crippen LogP contribution in [-0.2, 0) is 11.2 Å². The van der Waals surface area contributed by atoms with Crippen molar-refractivity contribution in [3.05, 3.63) is 69.7 Å². The van der Waals surface area contributed by atoms with Crippen molar-refractivity contribution < 1.29 is 24.4 Å². The average Bonchev–Trinajstić information content (AvgIpc) is 3.54. The molecule has 0 amide bonds. The molecule has 1 saturated heterocycles. The largest absolute Gasteiger partial charge is 0.387 e. The molecule has 1 aliphatic heterocycles. The fourth-order valence-electron chi connectivity index (χ4n) is 3.81. The molecule has 1 heterocycles. The van der Waals surface area contributed by atoms with E-state index in [1.54, 1.807) is 12.1 Å². The van der Waals surface area contributed by atoms with Gasteiger partial charge in [0, 0.05) is 5.02 Å². The molecule has 4 nitrogen and oxygen atoms in total. The Balaban J connectivity index is 1.56. The van der Waals surface area contributed by atoms with Crippen LogP contribution in [0.3, 0.4) is 0 Å². The number of hydrogen-bond donors (Lipinski definition) is 3. The van der Waals surface area contributed by atoms with E-state index in [-0.39, 0.29) is 0 Å². The lowest BCUT2D eigenvalue weighted by atomic mass is 9.90. The predicted octanol–water partition coefficient (Wildman–Crippen LogP) is 3.30. The van der Waals surface area contributed by atoms with Gasteiger partial charge in [0.2, 0.25) is 0 Å². The van der Waals surface area contributed by atoms with Crippen molar-refractivity contribution in [2.75, 3.05) is 6.67 Å². The molecule has 1 aliphatic carbocycles. The fraction of sp³-hybridized carbons (Fsp3) is 0.455. The van der Waals surface area contributed by atoms with E-state index < -0.39 is 37.2 Å². The zero-order valence-corrected chi connectivity index (χ0v) is 16.1. The van der Waals surface area contributed by atoms with Gasteiger partial charge in [-0.2, -0.15) is 0 Å². The molecular weight excluding hydrogens is 383 g/mol. The van der Waals surface area contributed by atoms with E-state index >= 15 is 0 Å². The third-order valence-corrected chi connectivity index (χ3v) is 6.05. The molecular formula is C22H24ClFO4. The van der Waals surface area contributed by atoms with Crippen LogP contribution in [-0.4, -0.2) is 46.4 Å². The van der Waals surface area contributed by atoms with Crippen LogP contribution < -0.4 is 0 Å². The van der Waals surface area contributed by atoms with Gasteiger partial charge >= 0.3 is 0 Å². The summed E-state index contributed by atoms with van der Waals surface area (Å²) in [5.41, 5.74) is 3.93. The molecule has 0 radical (unpaired) electrons. The average molecular weight is 407 g/mol. The van der Waals surface area contributed by atoms with Crippen LogP contribution in [0.4, 0.5) is 4.39 Å². The zero-order valence-electron chi connectivity index (χ0n) is 15.3. The Kier molecular flexibility index (Phi) is 5.72. The molecule has 2 fully saturated rings. The van der Waals surface area contributed by atoms with E-state index in [0.29, 0.717) is 22.9 Å². The Morgan fingerprint density at radius 3 is 2.25 bits per heavy atom. The van der Waals surface area contributed by atoms with E-state index in [1.165, 1.54) is 18.4 Å². The van der Waals surface area contributed by atoms with Gasteiger partial charge in [0.1, 0.15) is 37.2 Å². The van der Waals surface area contributed by atoms with Gasteiger partial charge in [0.05, 0.1) is 0 Å². The lowest BCUT2D eigenvalue weighted by Crippen LogP contribution is -2.54. The summed E-state index contributed by atoms with van der Waals surface area (Å²) >= 11 is 6.37. The van der Waals surface area contributed by atoms with Crippen molar-refractivity contribution in [3.63, 3.8) is 0 Å². The lowest BCUT2D eigenvalue weighted by molar-refractivity contribution is -0.227. The number of halogens is 2. The van der Waals surface area contributed by atoms with E-state index in [1.807, 2.05) is 6.07 Å². The second-order valence-electron chi connectivity index (χ2n) is 7.76. The molecule has 2 aliphatic rings. The summed E-state index contributed by atoms with van der Waals surface area (Å²) in [6.07, 6.45) is -3.29. The van der Waals surface area contributed by atoms with Crippen molar-refractivity contribution in [1.82, 2.24) is 0 Å². The van der Waals surface area contributed by atoms with Crippen LogP contribution in [0.5, 0.6) is 0 Å². The van der Waals surface area contributed by atoms with E-state index in [9.17, 15) is 19.7 Å². The maximum absolute atomic E-state index is 13.1. The number of hydrogen-bond acceptors (Lipinski definition) is 4. The minimum absolute atomic E-state index is 0.586. The zero-order chi connectivity index (χ0) is 19.8. The number of ether oxygens (including phenoxy) is 1. The number of alkyl halides is 1. The van der Waals surface area contributed by atoms with Crippen LogP contribution in [0.15, 0.2) is 42.5 Å². The van der Waals surface area contributed by atoms with E-state index in [0.717, 1.165) is 11.1 Å². The van der Waals surface area contributed by atoms with Gasteiger partial charge in [-0.15, -0.1) is 0 Å². The maximum atomic E-state index is 13.1. The molecule has 1 saturated carbocycles. The number of rotatable bonds is 5. The highest BCUT2D eigenvalue weighted by Gasteiger charge is 2.44. The molecule has 6 heteroatoms. The molecule has 5 atom stereocenters. The van der Waals surface area contributed by atoms with Crippen LogP contribution >= 0.6 is 11.6 Å². The molecule has 2 aromatic carbocycles. The first kappa shape index (κ1) is 19.8. The molecule has 0 bridgehead atoms. The van der Waals surface area contributed by atoms with Crippen LogP contribution in [0.1, 0.15) is 47.1 Å². The number of benzene rings is 2. The van der Waals surface area contributed by atoms with Crippen molar-refractivity contribution in [2.24, 2.45) is 0 Å². The summed E-state index contributed by atoms with van der Waals surface area (Å²) in [6.45, 7) is -0.949. The first-order valence-electron chi connectivity index (χ1n) is 9.60. The van der Waals surface area contributed by atoms with Gasteiger partial charge in [-0.1, -0.05) is 48.0 Å². The number of aliphatic hydroxyl groups excluding tert-OH is 3. The Hall–Kier alpha value is -1.50. The predicted molar refractivity (Wildman–Crippen MR) is 104 cm³/mol. The second-order valence-corrected chi connectivity index (χ2v) is 8.17. The molecule has 2 aromatic rings. The first-order chi connectivity index (χ1) is 13.5. The molecule has 150 valence electrons. The summed E-state index contributed by atoms with van der Waals surface area (Å²) in [7, 11) is 0. The summed E-state index contributed by atoms with van der Waals surface area (Å²) < 4.78 is 18.7. The Bertz CT molecular complexity index is 822. The van der Waals surface area contributed by atoms with Crippen molar-refractivity contribution in [1.29, 1.82) is 0 Å². The smallest absolute Gasteiger partial charge is 0.118 e. The highest BCUT2D eigenvalue weighted by Crippen LogP contribution is 2.40. The fourth-order valence-corrected chi connectivity index (χ4v) is 3.99. The first-order valence-corrected chi connectivity index (χ1v) is 9.98. The maximum Gasteiger partial charge on any atom is 0.118 e. The third-order valence-electron chi connectivity index (χ3n) is 5.69. The second kappa shape index (κ2) is 8.09. The van der Waals surface area contributed by atoms with Crippen molar-refractivity contribution in [3.8, 4) is 0 Å². The van der Waals surface area contributed by atoms with Crippen LogP contribution in [0.25, 0.3) is 0 Å². The van der Waals surface area contributed by atoms with Crippen LogP contribution in [0, 0.1) is 0 Å². The van der Waals surface area contributed by atoms with E-state index in [2.05, 4.69) is 24.3 Å². The third kappa shape index (κ3) is 3.95. The molecule has 4 rings (SSSR count). The Morgan fingerprint density at radius 2 is 1.61 bits per heavy atom. The topological polar surface area (TPSA) is 69.9 Å². The van der Waals surface area contributed by atoms with Gasteiger partial charge in [-0.05, 0) is 53.5 Å². The molecule has 3 N–H and O–H groups in total. The summed E-state index contributed by atoms with van der Waals surface area (Å²) in [6, 6.07) is 13.7. The number of aliphatic hydroxyl groups is 3. The van der Waals surface area contributed by atoms with Gasteiger partial charge in [-0.25, -0.2) is 4.39 Å². The Morgan fingerprint density at radius 1 is 0.929 bits per heavy atom. The van der Waals surface area contributed by atoms with Crippen molar-refractivity contribution >= 4 is 11.6 Å². The van der Waals surface area contributed by atoms with E-state index in [4.69, 9.17) is 16.3 Å². The quantitative estimate of drug-likeness (QED) is 0.712. The van der Waals surface area contributed by atoms with Crippen LogP contribution in [0.2, 0.25) is 5.02 Å². The standard InChI is InChI=1S/C22H24ClFO4/c23-17-8-7-15(22-21(27)20(26)19(25)18(11-24)28-22)10-16(17)9-12-1-3-13(4-2-12)14-5-6-14/h1-4,7-8,10,14,18-22,25-27H,5-6,9,11H2/t18-,19-,20+,21-,22+/m1/s1. The molecule has 0 unspecified atom stereocenters. The highest BCUT2D eigenvalue weighted by molar-refractivity contribution is 6.31.